The fourth-order valence-corrected chi connectivity index (χ4v) is 4.47. The molecule has 0 unspecified atom stereocenters. The summed E-state index contributed by atoms with van der Waals surface area (Å²) in [6.07, 6.45) is 2.03. The lowest BCUT2D eigenvalue weighted by atomic mass is 10.1. The maximum atomic E-state index is 5.03. The minimum absolute atomic E-state index is 0.873. The SMILES string of the molecule is Cc1ccc(Cn2c(CCc3sccc3C)nc3cc(C)c(C)cc32)cc1. The molecule has 2 aromatic carbocycles. The van der Waals surface area contributed by atoms with Crippen LogP contribution in [0.4, 0.5) is 0 Å². The number of imidazole rings is 1. The molecular weight excluding hydrogens is 348 g/mol. The largest absolute Gasteiger partial charge is 0.323 e. The van der Waals surface area contributed by atoms with E-state index in [0.717, 1.165) is 24.9 Å². The second-order valence-corrected chi connectivity index (χ2v) is 8.55. The number of aromatic nitrogens is 2. The predicted molar refractivity (Wildman–Crippen MR) is 116 cm³/mol. The van der Waals surface area contributed by atoms with Gasteiger partial charge in [-0.3, -0.25) is 0 Å². The molecule has 4 rings (SSSR count). The quantitative estimate of drug-likeness (QED) is 0.409. The Morgan fingerprint density at radius 1 is 0.852 bits per heavy atom. The van der Waals surface area contributed by atoms with Gasteiger partial charge in [0.15, 0.2) is 0 Å². The molecule has 0 aliphatic rings. The Kier molecular flexibility index (Phi) is 4.88. The number of hydrogen-bond donors (Lipinski definition) is 0. The summed E-state index contributed by atoms with van der Waals surface area (Å²) in [5.74, 6) is 1.18. The molecule has 0 aliphatic carbocycles. The van der Waals surface area contributed by atoms with E-state index in [1.54, 1.807) is 0 Å². The van der Waals surface area contributed by atoms with E-state index in [9.17, 15) is 0 Å². The van der Waals surface area contributed by atoms with Crippen molar-refractivity contribution in [1.29, 1.82) is 0 Å². The summed E-state index contributed by atoms with van der Waals surface area (Å²) in [4.78, 5) is 6.49. The molecule has 0 spiro atoms. The van der Waals surface area contributed by atoms with Gasteiger partial charge in [-0.15, -0.1) is 11.3 Å². The first-order chi connectivity index (χ1) is 13.0. The fourth-order valence-electron chi connectivity index (χ4n) is 3.56. The van der Waals surface area contributed by atoms with Gasteiger partial charge in [-0.1, -0.05) is 29.8 Å². The van der Waals surface area contributed by atoms with Crippen LogP contribution in [0.3, 0.4) is 0 Å². The first kappa shape index (κ1) is 18.0. The van der Waals surface area contributed by atoms with Gasteiger partial charge < -0.3 is 4.57 Å². The highest BCUT2D eigenvalue weighted by atomic mass is 32.1. The van der Waals surface area contributed by atoms with E-state index in [1.165, 1.54) is 44.0 Å². The van der Waals surface area contributed by atoms with E-state index >= 15 is 0 Å². The molecule has 0 aliphatic heterocycles. The average Bonchev–Trinajstić information content (AvgIpc) is 3.19. The summed E-state index contributed by atoms with van der Waals surface area (Å²) in [6, 6.07) is 15.6. The molecule has 4 aromatic rings. The summed E-state index contributed by atoms with van der Waals surface area (Å²) in [6.45, 7) is 9.57. The molecule has 27 heavy (non-hydrogen) atoms. The van der Waals surface area contributed by atoms with Crippen LogP contribution >= 0.6 is 11.3 Å². The Morgan fingerprint density at radius 3 is 2.30 bits per heavy atom. The monoisotopic (exact) mass is 374 g/mol. The van der Waals surface area contributed by atoms with Crippen molar-refractivity contribution in [2.75, 3.05) is 0 Å². The lowest BCUT2D eigenvalue weighted by Crippen LogP contribution is -2.07. The molecule has 0 fully saturated rings. The van der Waals surface area contributed by atoms with Gasteiger partial charge in [-0.2, -0.15) is 0 Å². The van der Waals surface area contributed by atoms with Gasteiger partial charge in [0.25, 0.3) is 0 Å². The summed E-state index contributed by atoms with van der Waals surface area (Å²) >= 11 is 1.85. The van der Waals surface area contributed by atoms with Gasteiger partial charge >= 0.3 is 0 Å². The van der Waals surface area contributed by atoms with Crippen molar-refractivity contribution >= 4 is 22.4 Å². The Labute approximate surface area is 165 Å². The molecule has 0 amide bonds. The van der Waals surface area contributed by atoms with E-state index in [4.69, 9.17) is 4.98 Å². The van der Waals surface area contributed by atoms with Crippen LogP contribution in [0.25, 0.3) is 11.0 Å². The van der Waals surface area contributed by atoms with E-state index in [0.29, 0.717) is 0 Å². The van der Waals surface area contributed by atoms with Gasteiger partial charge in [0.1, 0.15) is 5.82 Å². The Balaban J connectivity index is 1.73. The van der Waals surface area contributed by atoms with Gasteiger partial charge in [0.2, 0.25) is 0 Å². The molecule has 0 bridgehead atoms. The number of rotatable bonds is 5. The molecule has 2 heterocycles. The van der Waals surface area contributed by atoms with Crippen molar-refractivity contribution in [1.82, 2.24) is 9.55 Å². The average molecular weight is 375 g/mol. The number of nitrogens with zero attached hydrogens (tertiary/aromatic N) is 2. The van der Waals surface area contributed by atoms with Crippen LogP contribution in [0.2, 0.25) is 0 Å². The second kappa shape index (κ2) is 7.32. The number of fused-ring (bicyclic) bond motifs is 1. The smallest absolute Gasteiger partial charge is 0.110 e. The zero-order valence-corrected chi connectivity index (χ0v) is 17.4. The minimum atomic E-state index is 0.873. The van der Waals surface area contributed by atoms with Gasteiger partial charge in [-0.25, -0.2) is 4.98 Å². The first-order valence-corrected chi connectivity index (χ1v) is 10.4. The lowest BCUT2D eigenvalue weighted by Gasteiger charge is -2.11. The van der Waals surface area contributed by atoms with E-state index in [1.807, 2.05) is 11.3 Å². The summed E-state index contributed by atoms with van der Waals surface area (Å²) in [5.41, 5.74) is 9.02. The van der Waals surface area contributed by atoms with Crippen molar-refractivity contribution in [2.45, 2.75) is 47.1 Å². The standard InChI is InChI=1S/C24H26N2S/c1-16-5-7-20(8-6-16)15-26-22-14-19(4)18(3)13-21(22)25-24(26)10-9-23-17(2)11-12-27-23/h5-8,11-14H,9-10,15H2,1-4H3. The number of aryl methyl sites for hydroxylation is 6. The Morgan fingerprint density at radius 2 is 1.59 bits per heavy atom. The minimum Gasteiger partial charge on any atom is -0.323 e. The van der Waals surface area contributed by atoms with Crippen LogP contribution in [0.15, 0.2) is 47.8 Å². The van der Waals surface area contributed by atoms with Crippen molar-refractivity contribution in [3.8, 4) is 0 Å². The molecule has 2 aromatic heterocycles. The number of benzene rings is 2. The van der Waals surface area contributed by atoms with Crippen LogP contribution < -0.4 is 0 Å². The lowest BCUT2D eigenvalue weighted by molar-refractivity contribution is 0.731. The van der Waals surface area contributed by atoms with E-state index in [-0.39, 0.29) is 0 Å². The Hall–Kier alpha value is -2.39. The van der Waals surface area contributed by atoms with Crippen LogP contribution in [0, 0.1) is 27.7 Å². The molecule has 0 saturated heterocycles. The summed E-state index contributed by atoms with van der Waals surface area (Å²) in [5, 5.41) is 2.19. The van der Waals surface area contributed by atoms with Gasteiger partial charge in [-0.05, 0) is 79.9 Å². The zero-order valence-electron chi connectivity index (χ0n) is 16.5. The van der Waals surface area contributed by atoms with E-state index in [2.05, 4.69) is 80.1 Å². The van der Waals surface area contributed by atoms with E-state index < -0.39 is 0 Å². The first-order valence-electron chi connectivity index (χ1n) is 9.56. The second-order valence-electron chi connectivity index (χ2n) is 7.55. The molecule has 0 N–H and O–H groups in total. The molecule has 0 atom stereocenters. The molecule has 0 radical (unpaired) electrons. The van der Waals surface area contributed by atoms with Crippen molar-refractivity contribution < 1.29 is 0 Å². The highest BCUT2D eigenvalue weighted by molar-refractivity contribution is 7.10. The topological polar surface area (TPSA) is 17.8 Å². The highest BCUT2D eigenvalue weighted by Crippen LogP contribution is 2.24. The normalized spacial score (nSPS) is 11.4. The highest BCUT2D eigenvalue weighted by Gasteiger charge is 2.13. The van der Waals surface area contributed by atoms with Crippen LogP contribution in [-0.4, -0.2) is 9.55 Å². The molecule has 2 nitrogen and oxygen atoms in total. The molecular formula is C24H26N2S. The molecule has 138 valence electrons. The predicted octanol–water partition coefficient (Wildman–Crippen LogP) is 6.16. The zero-order chi connectivity index (χ0) is 19.0. The van der Waals surface area contributed by atoms with Crippen molar-refractivity contribution in [3.63, 3.8) is 0 Å². The van der Waals surface area contributed by atoms with Crippen LogP contribution in [0.1, 0.15) is 38.5 Å². The van der Waals surface area contributed by atoms with Crippen LogP contribution in [-0.2, 0) is 19.4 Å². The summed E-state index contributed by atoms with van der Waals surface area (Å²) < 4.78 is 2.41. The van der Waals surface area contributed by atoms with Gasteiger partial charge in [0, 0.05) is 17.8 Å². The maximum Gasteiger partial charge on any atom is 0.110 e. The van der Waals surface area contributed by atoms with Crippen molar-refractivity contribution in [2.24, 2.45) is 0 Å². The van der Waals surface area contributed by atoms with Gasteiger partial charge in [0.05, 0.1) is 11.0 Å². The third-order valence-corrected chi connectivity index (χ3v) is 6.53. The Bertz CT molecular complexity index is 1080. The third kappa shape index (κ3) is 3.70. The maximum absolute atomic E-state index is 5.03. The number of hydrogen-bond acceptors (Lipinski definition) is 2. The fraction of sp³-hybridized carbons (Fsp3) is 0.292. The molecule has 3 heteroatoms. The van der Waals surface area contributed by atoms with Crippen molar-refractivity contribution in [3.05, 3.63) is 86.4 Å². The molecule has 0 saturated carbocycles. The third-order valence-electron chi connectivity index (χ3n) is 5.45. The summed E-state index contributed by atoms with van der Waals surface area (Å²) in [7, 11) is 0. The number of thiophene rings is 1. The van der Waals surface area contributed by atoms with Crippen LogP contribution in [0.5, 0.6) is 0 Å².